The number of nitrogens with zero attached hydrogens (tertiary/aromatic N) is 3. The van der Waals surface area contributed by atoms with E-state index in [0.717, 1.165) is 36.5 Å². The molecule has 0 unspecified atom stereocenters. The van der Waals surface area contributed by atoms with Gasteiger partial charge in [0.25, 0.3) is 0 Å². The summed E-state index contributed by atoms with van der Waals surface area (Å²) in [5, 5.41) is 11.4. The lowest BCUT2D eigenvalue weighted by atomic mass is 10.1. The third kappa shape index (κ3) is 5.10. The summed E-state index contributed by atoms with van der Waals surface area (Å²) in [4.78, 5) is 8.64. The number of nitrogens with one attached hydrogen (secondary N) is 2. The predicted molar refractivity (Wildman–Crippen MR) is 116 cm³/mol. The Labute approximate surface area is 167 Å². The summed E-state index contributed by atoms with van der Waals surface area (Å²) in [6.45, 7) is 8.77. The van der Waals surface area contributed by atoms with E-state index in [4.69, 9.17) is 5.41 Å². The molecule has 2 heterocycles. The molecular weight excluding hydrogens is 346 g/mol. The molecule has 2 N–H and O–H groups in total. The molecule has 5 heteroatoms. The van der Waals surface area contributed by atoms with Crippen LogP contribution in [0, 0.1) is 5.41 Å². The molecule has 1 fully saturated rings. The van der Waals surface area contributed by atoms with Crippen molar-refractivity contribution < 1.29 is 0 Å². The molecule has 0 radical (unpaired) electrons. The van der Waals surface area contributed by atoms with E-state index in [1.165, 1.54) is 11.4 Å². The number of likely N-dealkylation sites (N-methyl/N-ethyl adjacent to an activating group) is 1. The molecule has 1 aromatic carbocycles. The standard InChI is InChI=1S/C23H27N5/c1-18(2)5-4-6-22-27(3)15-16-28(22)17-19-7-9-20(10-8-19)23(24)26-21-11-13-25-14-12-21/h4-14H,1,15-17H2,2-3H3,(H2,24,25,26)/b5-4-,22-6+. The molecule has 1 aliphatic heterocycles. The first-order valence-corrected chi connectivity index (χ1v) is 9.38. The first-order chi connectivity index (χ1) is 13.5. The fourth-order valence-corrected chi connectivity index (χ4v) is 3.08. The van der Waals surface area contributed by atoms with Crippen LogP contribution in [0.3, 0.4) is 0 Å². The Hall–Kier alpha value is -3.34. The average Bonchev–Trinajstić information content (AvgIpc) is 3.02. The molecule has 1 saturated heterocycles. The van der Waals surface area contributed by atoms with Crippen LogP contribution in [0.15, 0.2) is 85.0 Å². The monoisotopic (exact) mass is 373 g/mol. The number of allylic oxidation sites excluding steroid dienone is 4. The average molecular weight is 374 g/mol. The fraction of sp³-hybridized carbons (Fsp3) is 0.217. The van der Waals surface area contributed by atoms with Crippen LogP contribution in [0.2, 0.25) is 0 Å². The second-order valence-corrected chi connectivity index (χ2v) is 7.01. The van der Waals surface area contributed by atoms with Crippen molar-refractivity contribution in [3.8, 4) is 0 Å². The van der Waals surface area contributed by atoms with E-state index >= 15 is 0 Å². The molecule has 1 aromatic heterocycles. The number of hydrogen-bond acceptors (Lipinski definition) is 4. The van der Waals surface area contributed by atoms with Gasteiger partial charge in [-0.25, -0.2) is 0 Å². The van der Waals surface area contributed by atoms with Gasteiger partial charge in [-0.15, -0.1) is 0 Å². The maximum absolute atomic E-state index is 8.26. The SMILES string of the molecule is C=C(C)/C=C\C=C1/N(C)CCN1Cc1ccc(C(=N)Nc2ccncc2)cc1. The number of benzene rings is 1. The van der Waals surface area contributed by atoms with E-state index in [0.29, 0.717) is 5.84 Å². The van der Waals surface area contributed by atoms with Crippen molar-refractivity contribution in [2.45, 2.75) is 13.5 Å². The zero-order valence-corrected chi connectivity index (χ0v) is 16.5. The van der Waals surface area contributed by atoms with Gasteiger partial charge in [-0.2, -0.15) is 0 Å². The largest absolute Gasteiger partial charge is 0.360 e. The third-order valence-electron chi connectivity index (χ3n) is 4.61. The molecule has 144 valence electrons. The van der Waals surface area contributed by atoms with E-state index in [1.54, 1.807) is 12.4 Å². The van der Waals surface area contributed by atoms with E-state index in [-0.39, 0.29) is 0 Å². The lowest BCUT2D eigenvalue weighted by Gasteiger charge is -2.22. The van der Waals surface area contributed by atoms with E-state index in [1.807, 2.05) is 37.3 Å². The Morgan fingerprint density at radius 2 is 1.89 bits per heavy atom. The molecule has 28 heavy (non-hydrogen) atoms. The van der Waals surface area contributed by atoms with Crippen LogP contribution in [-0.4, -0.2) is 40.8 Å². The zero-order chi connectivity index (χ0) is 19.9. The van der Waals surface area contributed by atoms with Crippen LogP contribution in [0.5, 0.6) is 0 Å². The van der Waals surface area contributed by atoms with Gasteiger partial charge in [0.05, 0.1) is 0 Å². The zero-order valence-electron chi connectivity index (χ0n) is 16.5. The number of pyridine rings is 1. The summed E-state index contributed by atoms with van der Waals surface area (Å²) in [5.74, 6) is 1.60. The van der Waals surface area contributed by atoms with Gasteiger partial charge in [0.2, 0.25) is 0 Å². The quantitative estimate of drug-likeness (QED) is 0.452. The van der Waals surface area contributed by atoms with Gasteiger partial charge >= 0.3 is 0 Å². The number of anilines is 1. The van der Waals surface area contributed by atoms with Crippen LogP contribution in [0.25, 0.3) is 0 Å². The van der Waals surface area contributed by atoms with Crippen molar-refractivity contribution in [3.63, 3.8) is 0 Å². The maximum atomic E-state index is 8.26. The van der Waals surface area contributed by atoms with Gasteiger partial charge in [-0.3, -0.25) is 10.4 Å². The van der Waals surface area contributed by atoms with Crippen molar-refractivity contribution in [1.82, 2.24) is 14.8 Å². The van der Waals surface area contributed by atoms with Gasteiger partial charge in [-0.1, -0.05) is 48.6 Å². The van der Waals surface area contributed by atoms with Gasteiger partial charge in [0.1, 0.15) is 11.7 Å². The van der Waals surface area contributed by atoms with E-state index in [2.05, 4.69) is 58.0 Å². The van der Waals surface area contributed by atoms with Crippen molar-refractivity contribution in [1.29, 1.82) is 5.41 Å². The van der Waals surface area contributed by atoms with Crippen molar-refractivity contribution in [2.24, 2.45) is 0 Å². The van der Waals surface area contributed by atoms with E-state index < -0.39 is 0 Å². The van der Waals surface area contributed by atoms with Gasteiger partial charge in [0.15, 0.2) is 0 Å². The first-order valence-electron chi connectivity index (χ1n) is 9.38. The highest BCUT2D eigenvalue weighted by Gasteiger charge is 2.21. The molecule has 3 rings (SSSR count). The topological polar surface area (TPSA) is 55.2 Å². The number of hydrogen-bond donors (Lipinski definition) is 2. The summed E-state index contributed by atoms with van der Waals surface area (Å²) >= 11 is 0. The molecule has 0 bridgehead atoms. The summed E-state index contributed by atoms with van der Waals surface area (Å²) < 4.78 is 0. The molecule has 0 aliphatic carbocycles. The second-order valence-electron chi connectivity index (χ2n) is 7.01. The number of rotatable bonds is 6. The molecular formula is C23H27N5. The van der Waals surface area contributed by atoms with Crippen LogP contribution in [0.1, 0.15) is 18.1 Å². The first kappa shape index (κ1) is 19.4. The summed E-state index contributed by atoms with van der Waals surface area (Å²) in [5.41, 5.74) is 3.99. The molecule has 1 aliphatic rings. The van der Waals surface area contributed by atoms with Crippen LogP contribution in [0.4, 0.5) is 5.69 Å². The lowest BCUT2D eigenvalue weighted by molar-refractivity contribution is 0.359. The Kier molecular flexibility index (Phi) is 6.27. The smallest absolute Gasteiger partial charge is 0.129 e. The van der Waals surface area contributed by atoms with Crippen molar-refractivity contribution in [2.75, 3.05) is 25.5 Å². The van der Waals surface area contributed by atoms with Crippen molar-refractivity contribution in [3.05, 3.63) is 96.1 Å². The maximum Gasteiger partial charge on any atom is 0.129 e. The highest BCUT2D eigenvalue weighted by Crippen LogP contribution is 2.20. The summed E-state index contributed by atoms with van der Waals surface area (Å²) in [6.07, 6.45) is 9.64. The normalized spacial score (nSPS) is 15.4. The highest BCUT2D eigenvalue weighted by atomic mass is 15.4. The third-order valence-corrected chi connectivity index (χ3v) is 4.61. The fourth-order valence-electron chi connectivity index (χ4n) is 3.08. The minimum Gasteiger partial charge on any atom is -0.360 e. The van der Waals surface area contributed by atoms with Gasteiger partial charge < -0.3 is 15.1 Å². The number of amidine groups is 1. The van der Waals surface area contributed by atoms with Crippen molar-refractivity contribution >= 4 is 11.5 Å². The minimum absolute atomic E-state index is 0.379. The Bertz CT molecular complexity index is 881. The molecule has 2 aromatic rings. The Morgan fingerprint density at radius 3 is 2.57 bits per heavy atom. The molecule has 0 saturated carbocycles. The van der Waals surface area contributed by atoms with Crippen LogP contribution >= 0.6 is 0 Å². The second kappa shape index (κ2) is 9.04. The van der Waals surface area contributed by atoms with Crippen LogP contribution in [-0.2, 0) is 6.54 Å². The van der Waals surface area contributed by atoms with Crippen LogP contribution < -0.4 is 5.32 Å². The molecule has 5 nitrogen and oxygen atoms in total. The van der Waals surface area contributed by atoms with Gasteiger partial charge in [0, 0.05) is 50.3 Å². The lowest BCUT2D eigenvalue weighted by Crippen LogP contribution is -2.20. The summed E-state index contributed by atoms with van der Waals surface area (Å²) in [6, 6.07) is 11.9. The Balaban J connectivity index is 1.65. The molecule has 0 atom stereocenters. The molecule has 0 amide bonds. The highest BCUT2D eigenvalue weighted by molar-refractivity contribution is 6.06. The number of aromatic nitrogens is 1. The predicted octanol–water partition coefficient (Wildman–Crippen LogP) is 4.24. The minimum atomic E-state index is 0.379. The Morgan fingerprint density at radius 1 is 1.18 bits per heavy atom. The van der Waals surface area contributed by atoms with Gasteiger partial charge in [-0.05, 0) is 30.7 Å². The summed E-state index contributed by atoms with van der Waals surface area (Å²) in [7, 11) is 2.12. The molecule has 0 spiro atoms. The van der Waals surface area contributed by atoms with E-state index in [9.17, 15) is 0 Å².